The van der Waals surface area contributed by atoms with Crippen molar-refractivity contribution in [3.63, 3.8) is 0 Å². The van der Waals surface area contributed by atoms with Crippen molar-refractivity contribution >= 4 is 23.9 Å². The van der Waals surface area contributed by atoms with Crippen LogP contribution in [0.5, 0.6) is 0 Å². The number of rotatable bonds is 72. The SMILES string of the molecule is CC/C=C\C/C=C\C/C=C\C/C=C\C/C=C\C/C=C\CCC(=O)OC(C/C=C\CCCCCCCCOC(=O)CCN(CCCCO)CCC(=O)OCCCCCCCC/C=C\CC(CCCCCC)OC(=O)CC/C=C\C/C=C\C/C=C\C/C=C\C/C=C\C/C=C\CC)CCCCCC. The Morgan fingerprint density at radius 2 is 0.590 bits per heavy atom. The molecule has 0 saturated carbocycles. The first-order chi connectivity index (χ1) is 49.3. The molecule has 0 radical (unpaired) electrons. The highest BCUT2D eigenvalue weighted by atomic mass is 16.6. The van der Waals surface area contributed by atoms with Crippen molar-refractivity contribution in [2.75, 3.05) is 39.5 Å². The number of aliphatic hydroxyl groups excluding tert-OH is 1. The van der Waals surface area contributed by atoms with E-state index < -0.39 is 0 Å². The van der Waals surface area contributed by atoms with E-state index in [1.165, 1.54) is 38.5 Å². The fraction of sp³-hybridized carbons (Fsp3) is 0.644. The van der Waals surface area contributed by atoms with Crippen molar-refractivity contribution in [1.29, 1.82) is 0 Å². The summed E-state index contributed by atoms with van der Waals surface area (Å²) in [5.41, 5.74) is 0. The fourth-order valence-corrected chi connectivity index (χ4v) is 10.9. The van der Waals surface area contributed by atoms with Gasteiger partial charge in [0.1, 0.15) is 12.2 Å². The van der Waals surface area contributed by atoms with Gasteiger partial charge in [0.15, 0.2) is 0 Å². The van der Waals surface area contributed by atoms with Crippen molar-refractivity contribution in [1.82, 2.24) is 4.90 Å². The van der Waals surface area contributed by atoms with Gasteiger partial charge in [0.2, 0.25) is 0 Å². The molecule has 0 aromatic carbocycles. The van der Waals surface area contributed by atoms with E-state index in [-0.39, 0.29) is 55.5 Å². The van der Waals surface area contributed by atoms with Gasteiger partial charge < -0.3 is 29.0 Å². The van der Waals surface area contributed by atoms with Gasteiger partial charge >= 0.3 is 23.9 Å². The molecule has 10 heteroatoms. The van der Waals surface area contributed by atoms with Gasteiger partial charge in [-0.15, -0.1) is 0 Å². The smallest absolute Gasteiger partial charge is 0.307 e. The Bertz CT molecular complexity index is 2150. The van der Waals surface area contributed by atoms with E-state index in [1.54, 1.807) is 0 Å². The molecule has 0 bridgehead atoms. The molecule has 2 atom stereocenters. The monoisotopic (exact) mass is 1390 g/mol. The third kappa shape index (κ3) is 74.8. The molecule has 566 valence electrons. The average Bonchev–Trinajstić information content (AvgIpc) is 1.67. The molecule has 100 heavy (non-hydrogen) atoms. The summed E-state index contributed by atoms with van der Waals surface area (Å²) in [6.07, 6.45) is 105. The van der Waals surface area contributed by atoms with Crippen LogP contribution in [0.1, 0.15) is 323 Å². The minimum atomic E-state index is -0.211. The summed E-state index contributed by atoms with van der Waals surface area (Å²) in [5.74, 6) is -0.628. The van der Waals surface area contributed by atoms with Gasteiger partial charge in [0.25, 0.3) is 0 Å². The zero-order chi connectivity index (χ0) is 72.4. The maximum Gasteiger partial charge on any atom is 0.307 e. The standard InChI is InChI=1S/C90H147NO9/c1-5-9-13-17-19-21-23-25-27-29-31-33-35-37-39-45-51-57-65-75-89(95)99-85(71-61-15-11-7-3)73-63-55-49-43-41-47-53-59-69-83-97-87(93)77-80-91(79-67-68-82-92)81-78-88(94)98-84-70-60-54-48-42-44-50-56-64-74-86(72-62-16-12-8-4)100-90(96)76-66-58-52-46-40-38-36-34-32-30-28-26-24-22-20-18-14-10-6-2/h9-10,13-14,19-22,25-28,31-34,37-40,51-52,55-58,63-64,85-86,92H,5-8,11-12,15-18,23-24,29-30,35-36,41-50,53-54,59-62,65-84H2,1-4H3/b13-9-,14-10-,21-19-,22-20-,27-25-,28-26-,33-31-,34-32-,39-37-,40-38-,57-51-,58-52-,63-55-,64-56-. The molecule has 0 saturated heterocycles. The molecule has 0 aliphatic rings. The van der Waals surface area contributed by atoms with E-state index in [1.807, 2.05) is 0 Å². The molecule has 0 aromatic rings. The van der Waals surface area contributed by atoms with Crippen LogP contribution in [0.15, 0.2) is 170 Å². The number of unbranched alkanes of at least 4 members (excludes halogenated alkanes) is 19. The molecule has 10 nitrogen and oxygen atoms in total. The second-order valence-electron chi connectivity index (χ2n) is 26.3. The molecule has 2 unspecified atom stereocenters. The van der Waals surface area contributed by atoms with Crippen LogP contribution in [0, 0.1) is 0 Å². The van der Waals surface area contributed by atoms with Crippen LogP contribution in [-0.2, 0) is 38.1 Å². The fourth-order valence-electron chi connectivity index (χ4n) is 10.9. The van der Waals surface area contributed by atoms with E-state index in [2.05, 4.69) is 203 Å². The van der Waals surface area contributed by atoms with Gasteiger partial charge in [0, 0.05) is 45.4 Å². The first-order valence-corrected chi connectivity index (χ1v) is 40.4. The molecule has 0 spiro atoms. The molecular weight excluding hydrogens is 1240 g/mol. The van der Waals surface area contributed by atoms with E-state index in [9.17, 15) is 24.3 Å². The maximum atomic E-state index is 12.8. The van der Waals surface area contributed by atoms with Gasteiger partial charge in [-0.05, 0) is 173 Å². The Hall–Kier alpha value is -5.84. The summed E-state index contributed by atoms with van der Waals surface area (Å²) in [7, 11) is 0. The quantitative estimate of drug-likeness (QED) is 0.0272. The van der Waals surface area contributed by atoms with E-state index >= 15 is 0 Å². The van der Waals surface area contributed by atoms with Crippen LogP contribution in [0.3, 0.4) is 0 Å². The molecule has 0 aliphatic heterocycles. The minimum absolute atomic E-state index is 0.0589. The normalized spacial score (nSPS) is 13.3. The van der Waals surface area contributed by atoms with Crippen molar-refractivity contribution < 1.29 is 43.2 Å². The summed E-state index contributed by atoms with van der Waals surface area (Å²) < 4.78 is 23.1. The molecular formula is C90H147NO9. The van der Waals surface area contributed by atoms with Gasteiger partial charge in [-0.2, -0.15) is 0 Å². The van der Waals surface area contributed by atoms with Gasteiger partial charge in [-0.25, -0.2) is 0 Å². The van der Waals surface area contributed by atoms with Crippen molar-refractivity contribution in [3.05, 3.63) is 170 Å². The lowest BCUT2D eigenvalue weighted by Gasteiger charge is -2.21. The first-order valence-electron chi connectivity index (χ1n) is 40.4. The highest BCUT2D eigenvalue weighted by Gasteiger charge is 2.16. The largest absolute Gasteiger partial charge is 0.466 e. The molecule has 1 N–H and O–H groups in total. The van der Waals surface area contributed by atoms with Crippen molar-refractivity contribution in [3.8, 4) is 0 Å². The predicted molar refractivity (Wildman–Crippen MR) is 428 cm³/mol. The zero-order valence-electron chi connectivity index (χ0n) is 64.3. The van der Waals surface area contributed by atoms with Crippen LogP contribution >= 0.6 is 0 Å². The molecule has 0 fully saturated rings. The molecule has 0 rings (SSSR count). The van der Waals surface area contributed by atoms with Gasteiger partial charge in [0.05, 0.1) is 26.1 Å². The molecule has 0 aliphatic carbocycles. The number of carbonyl (C=O) groups is 4. The first kappa shape index (κ1) is 94.2. The van der Waals surface area contributed by atoms with Crippen LogP contribution in [0.2, 0.25) is 0 Å². The van der Waals surface area contributed by atoms with E-state index in [0.29, 0.717) is 65.0 Å². The number of allylic oxidation sites excluding steroid dienone is 26. The van der Waals surface area contributed by atoms with Crippen LogP contribution in [0.4, 0.5) is 0 Å². The minimum Gasteiger partial charge on any atom is -0.466 e. The van der Waals surface area contributed by atoms with Crippen molar-refractivity contribution in [2.24, 2.45) is 0 Å². The Labute approximate surface area is 613 Å². The van der Waals surface area contributed by atoms with Crippen LogP contribution in [0.25, 0.3) is 0 Å². The lowest BCUT2D eigenvalue weighted by Crippen LogP contribution is -2.31. The van der Waals surface area contributed by atoms with Crippen LogP contribution in [-0.4, -0.2) is 85.5 Å². The van der Waals surface area contributed by atoms with E-state index in [4.69, 9.17) is 18.9 Å². The second-order valence-corrected chi connectivity index (χ2v) is 26.3. The third-order valence-electron chi connectivity index (χ3n) is 16.9. The van der Waals surface area contributed by atoms with Gasteiger partial charge in [-0.1, -0.05) is 288 Å². The Morgan fingerprint density at radius 3 is 0.920 bits per heavy atom. The molecule has 0 aromatic heterocycles. The summed E-state index contributed by atoms with van der Waals surface area (Å²) >= 11 is 0. The maximum absolute atomic E-state index is 12.8. The number of nitrogens with zero attached hydrogens (tertiary/aromatic N) is 1. The van der Waals surface area contributed by atoms with E-state index in [0.717, 1.165) is 212 Å². The highest BCUT2D eigenvalue weighted by molar-refractivity contribution is 5.71. The Morgan fingerprint density at radius 1 is 0.290 bits per heavy atom. The number of aliphatic hydroxyl groups is 1. The third-order valence-corrected chi connectivity index (χ3v) is 16.9. The summed E-state index contributed by atoms with van der Waals surface area (Å²) in [4.78, 5) is 53.1. The topological polar surface area (TPSA) is 129 Å². The number of hydrogen-bond acceptors (Lipinski definition) is 10. The second kappa shape index (κ2) is 80.5. The lowest BCUT2D eigenvalue weighted by atomic mass is 10.1. The zero-order valence-corrected chi connectivity index (χ0v) is 64.3. The number of ether oxygens (including phenoxy) is 4. The summed E-state index contributed by atoms with van der Waals surface area (Å²) in [6, 6.07) is 0. The lowest BCUT2D eigenvalue weighted by molar-refractivity contribution is -0.150. The Balaban J connectivity index is 4.30. The van der Waals surface area contributed by atoms with Crippen LogP contribution < -0.4 is 0 Å². The summed E-state index contributed by atoms with van der Waals surface area (Å²) in [5, 5.41) is 9.37. The number of hydrogen-bond donors (Lipinski definition) is 1. The number of esters is 4. The summed E-state index contributed by atoms with van der Waals surface area (Å²) in [6.45, 7) is 11.5. The Kier molecular flexibility index (Phi) is 75.8. The predicted octanol–water partition coefficient (Wildman–Crippen LogP) is 25.0. The molecule has 0 heterocycles. The molecule has 0 amide bonds. The van der Waals surface area contributed by atoms with Crippen molar-refractivity contribution in [2.45, 2.75) is 335 Å². The average molecular weight is 1390 g/mol. The number of carbonyl (C=O) groups excluding carboxylic acids is 4. The highest BCUT2D eigenvalue weighted by Crippen LogP contribution is 2.18. The van der Waals surface area contributed by atoms with Gasteiger partial charge in [-0.3, -0.25) is 19.2 Å².